The lowest BCUT2D eigenvalue weighted by Crippen LogP contribution is -1.89. The van der Waals surface area contributed by atoms with Crippen LogP contribution in [0.25, 0.3) is 0 Å². The Hall–Kier alpha value is -0.990. The molecule has 0 atom stereocenters. The molecule has 16 heavy (non-hydrogen) atoms. The first kappa shape index (κ1) is 11.5. The van der Waals surface area contributed by atoms with Gasteiger partial charge in [0.05, 0.1) is 0 Å². The van der Waals surface area contributed by atoms with Crippen LogP contribution in [0, 0.1) is 0 Å². The first-order valence-corrected chi connectivity index (χ1v) is 6.04. The fraction of sp³-hybridized carbons (Fsp3) is 0.0769. The molecule has 0 saturated heterocycles. The average molecular weight is 298 g/mol. The molecule has 0 fully saturated rings. The zero-order valence-electron chi connectivity index (χ0n) is 8.45. The quantitative estimate of drug-likeness (QED) is 0.871. The van der Waals surface area contributed by atoms with Gasteiger partial charge in [-0.15, -0.1) is 0 Å². The third-order valence-electron chi connectivity index (χ3n) is 2.31. The number of phenolic OH excluding ortho intramolecular Hbond substituents is 1. The van der Waals surface area contributed by atoms with Gasteiger partial charge < -0.3 is 5.11 Å². The highest BCUT2D eigenvalue weighted by molar-refractivity contribution is 9.10. The molecule has 3 heteroatoms. The van der Waals surface area contributed by atoms with Crippen LogP contribution in [0.5, 0.6) is 5.75 Å². The standard InChI is InChI=1S/C13H10BrClO/c14-11-4-5-13(15)10(8-11)6-9-2-1-3-12(16)7-9/h1-5,7-8,16H,6H2. The highest BCUT2D eigenvalue weighted by Crippen LogP contribution is 2.24. The third kappa shape index (κ3) is 2.77. The normalized spacial score (nSPS) is 10.4. The third-order valence-corrected chi connectivity index (χ3v) is 3.17. The number of hydrogen-bond donors (Lipinski definition) is 1. The van der Waals surface area contributed by atoms with Crippen molar-refractivity contribution in [2.75, 3.05) is 0 Å². The molecule has 0 amide bonds. The first-order chi connectivity index (χ1) is 7.65. The molecular weight excluding hydrogens is 287 g/mol. The van der Waals surface area contributed by atoms with Gasteiger partial charge in [0.15, 0.2) is 0 Å². The lowest BCUT2D eigenvalue weighted by molar-refractivity contribution is 0.474. The van der Waals surface area contributed by atoms with Crippen LogP contribution in [0.1, 0.15) is 11.1 Å². The lowest BCUT2D eigenvalue weighted by atomic mass is 10.0. The average Bonchev–Trinajstić information content (AvgIpc) is 2.24. The second-order valence-electron chi connectivity index (χ2n) is 3.58. The van der Waals surface area contributed by atoms with Crippen LogP contribution < -0.4 is 0 Å². The number of phenols is 1. The summed E-state index contributed by atoms with van der Waals surface area (Å²) in [5.41, 5.74) is 2.08. The Balaban J connectivity index is 2.30. The van der Waals surface area contributed by atoms with Gasteiger partial charge in [-0.3, -0.25) is 0 Å². The van der Waals surface area contributed by atoms with Crippen LogP contribution >= 0.6 is 27.5 Å². The largest absolute Gasteiger partial charge is 0.508 e. The summed E-state index contributed by atoms with van der Waals surface area (Å²) in [6.45, 7) is 0. The fourth-order valence-electron chi connectivity index (χ4n) is 1.57. The number of rotatable bonds is 2. The Labute approximate surface area is 108 Å². The predicted molar refractivity (Wildman–Crippen MR) is 70.1 cm³/mol. The SMILES string of the molecule is Oc1cccc(Cc2cc(Br)ccc2Cl)c1. The van der Waals surface area contributed by atoms with E-state index in [2.05, 4.69) is 15.9 Å². The Kier molecular flexibility index (Phi) is 3.52. The number of aromatic hydroxyl groups is 1. The van der Waals surface area contributed by atoms with Gasteiger partial charge in [0.1, 0.15) is 5.75 Å². The minimum atomic E-state index is 0.281. The highest BCUT2D eigenvalue weighted by Gasteiger charge is 2.03. The summed E-state index contributed by atoms with van der Waals surface area (Å²) in [7, 11) is 0. The van der Waals surface area contributed by atoms with Crippen LogP contribution in [0.4, 0.5) is 0 Å². The summed E-state index contributed by atoms with van der Waals surface area (Å²) in [6.07, 6.45) is 0.715. The van der Waals surface area contributed by atoms with Crippen LogP contribution in [-0.4, -0.2) is 5.11 Å². The summed E-state index contributed by atoms with van der Waals surface area (Å²) >= 11 is 9.52. The molecule has 0 aliphatic heterocycles. The molecule has 0 bridgehead atoms. The van der Waals surface area contributed by atoms with Crippen LogP contribution in [0.3, 0.4) is 0 Å². The van der Waals surface area contributed by atoms with E-state index in [9.17, 15) is 5.11 Å². The van der Waals surface area contributed by atoms with E-state index in [0.29, 0.717) is 6.42 Å². The smallest absolute Gasteiger partial charge is 0.115 e. The zero-order chi connectivity index (χ0) is 11.5. The molecule has 82 valence electrons. The maximum absolute atomic E-state index is 9.37. The van der Waals surface area contributed by atoms with Crippen molar-refractivity contribution in [1.82, 2.24) is 0 Å². The molecule has 0 radical (unpaired) electrons. The summed E-state index contributed by atoms with van der Waals surface area (Å²) in [6, 6.07) is 13.0. The van der Waals surface area contributed by atoms with Crippen molar-refractivity contribution >= 4 is 27.5 Å². The van der Waals surface area contributed by atoms with Crippen LogP contribution in [-0.2, 0) is 6.42 Å². The van der Waals surface area contributed by atoms with Crippen molar-refractivity contribution in [3.05, 3.63) is 63.1 Å². The summed E-state index contributed by atoms with van der Waals surface area (Å²) in [4.78, 5) is 0. The van der Waals surface area contributed by atoms with Gasteiger partial charge in [0.2, 0.25) is 0 Å². The predicted octanol–water partition coefficient (Wildman–Crippen LogP) is 4.40. The van der Waals surface area contributed by atoms with Gasteiger partial charge in [0, 0.05) is 9.50 Å². The maximum Gasteiger partial charge on any atom is 0.115 e. The van der Waals surface area contributed by atoms with E-state index in [1.54, 1.807) is 12.1 Å². The number of halogens is 2. The molecule has 1 N–H and O–H groups in total. The topological polar surface area (TPSA) is 20.2 Å². The molecule has 0 aromatic heterocycles. The second kappa shape index (κ2) is 4.89. The van der Waals surface area contributed by atoms with Crippen molar-refractivity contribution in [3.63, 3.8) is 0 Å². The molecule has 0 heterocycles. The van der Waals surface area contributed by atoms with Crippen molar-refractivity contribution < 1.29 is 5.11 Å². The molecule has 2 aromatic carbocycles. The van der Waals surface area contributed by atoms with Crippen LogP contribution in [0.15, 0.2) is 46.9 Å². The van der Waals surface area contributed by atoms with Gasteiger partial charge in [-0.05, 0) is 47.9 Å². The minimum Gasteiger partial charge on any atom is -0.508 e. The molecule has 0 spiro atoms. The van der Waals surface area contributed by atoms with Crippen molar-refractivity contribution in [1.29, 1.82) is 0 Å². The monoisotopic (exact) mass is 296 g/mol. The molecule has 0 saturated carbocycles. The van der Waals surface area contributed by atoms with Gasteiger partial charge in [-0.2, -0.15) is 0 Å². The van der Waals surface area contributed by atoms with Crippen molar-refractivity contribution in [3.8, 4) is 5.75 Å². The van der Waals surface area contributed by atoms with Crippen molar-refractivity contribution in [2.45, 2.75) is 6.42 Å². The fourth-order valence-corrected chi connectivity index (χ4v) is 2.16. The summed E-state index contributed by atoms with van der Waals surface area (Å²) in [5.74, 6) is 0.281. The number of benzene rings is 2. The van der Waals surface area contributed by atoms with E-state index in [0.717, 1.165) is 20.6 Å². The van der Waals surface area contributed by atoms with Gasteiger partial charge in [-0.1, -0.05) is 39.7 Å². The molecule has 2 rings (SSSR count). The molecule has 2 aromatic rings. The Morgan fingerprint density at radius 1 is 1.12 bits per heavy atom. The van der Waals surface area contributed by atoms with Gasteiger partial charge >= 0.3 is 0 Å². The van der Waals surface area contributed by atoms with E-state index in [1.807, 2.05) is 30.3 Å². The Morgan fingerprint density at radius 2 is 1.94 bits per heavy atom. The van der Waals surface area contributed by atoms with E-state index < -0.39 is 0 Å². The summed E-state index contributed by atoms with van der Waals surface area (Å²) < 4.78 is 1.01. The summed E-state index contributed by atoms with van der Waals surface area (Å²) in [5, 5.41) is 10.1. The molecule has 1 nitrogen and oxygen atoms in total. The van der Waals surface area contributed by atoms with Gasteiger partial charge in [-0.25, -0.2) is 0 Å². The maximum atomic E-state index is 9.37. The van der Waals surface area contributed by atoms with E-state index in [-0.39, 0.29) is 5.75 Å². The first-order valence-electron chi connectivity index (χ1n) is 4.87. The van der Waals surface area contributed by atoms with Gasteiger partial charge in [0.25, 0.3) is 0 Å². The highest BCUT2D eigenvalue weighted by atomic mass is 79.9. The molecule has 0 aliphatic rings. The lowest BCUT2D eigenvalue weighted by Gasteiger charge is -2.05. The molecular formula is C13H10BrClO. The van der Waals surface area contributed by atoms with E-state index in [4.69, 9.17) is 11.6 Å². The molecule has 0 aliphatic carbocycles. The molecule has 0 unspecified atom stereocenters. The second-order valence-corrected chi connectivity index (χ2v) is 4.91. The van der Waals surface area contributed by atoms with E-state index in [1.165, 1.54) is 0 Å². The zero-order valence-corrected chi connectivity index (χ0v) is 10.8. The Morgan fingerprint density at radius 3 is 2.69 bits per heavy atom. The Bertz CT molecular complexity index is 511. The number of hydrogen-bond acceptors (Lipinski definition) is 1. The van der Waals surface area contributed by atoms with E-state index >= 15 is 0 Å². The minimum absolute atomic E-state index is 0.281. The van der Waals surface area contributed by atoms with Crippen LogP contribution in [0.2, 0.25) is 5.02 Å². The van der Waals surface area contributed by atoms with Crippen molar-refractivity contribution in [2.24, 2.45) is 0 Å².